The second-order valence-corrected chi connectivity index (χ2v) is 5.79. The highest BCUT2D eigenvalue weighted by molar-refractivity contribution is 5.77. The van der Waals surface area contributed by atoms with E-state index in [0.717, 1.165) is 18.1 Å². The molecule has 2 aromatic rings. The zero-order valence-electron chi connectivity index (χ0n) is 14.4. The predicted octanol–water partition coefficient (Wildman–Crippen LogP) is 1.73. The number of nitrogens with one attached hydrogen (secondary N) is 2. The zero-order valence-corrected chi connectivity index (χ0v) is 14.4. The van der Waals surface area contributed by atoms with Crippen LogP contribution in [0, 0.1) is 0 Å². The molecule has 1 heterocycles. The molecule has 2 rings (SSSR count). The van der Waals surface area contributed by atoms with Crippen molar-refractivity contribution in [3.05, 3.63) is 52.1 Å². The average Bonchev–Trinajstić information content (AvgIpc) is 2.58. The number of hydrogen-bond donors (Lipinski definition) is 3. The topological polar surface area (TPSA) is 104 Å². The van der Waals surface area contributed by atoms with Crippen molar-refractivity contribution in [2.45, 2.75) is 32.6 Å². The highest BCUT2D eigenvalue weighted by atomic mass is 16.5. The van der Waals surface area contributed by atoms with Crippen LogP contribution in [-0.2, 0) is 11.2 Å². The van der Waals surface area contributed by atoms with Crippen molar-refractivity contribution < 1.29 is 14.6 Å². The molecule has 0 saturated heterocycles. The molecule has 0 aliphatic rings. The van der Waals surface area contributed by atoms with Crippen molar-refractivity contribution >= 4 is 5.91 Å². The number of amides is 1. The van der Waals surface area contributed by atoms with Gasteiger partial charge in [-0.2, -0.15) is 0 Å². The lowest BCUT2D eigenvalue weighted by molar-refractivity contribution is -0.123. The minimum absolute atomic E-state index is 0.0859. The minimum atomic E-state index is -0.432. The van der Waals surface area contributed by atoms with E-state index in [9.17, 15) is 14.7 Å². The van der Waals surface area contributed by atoms with Crippen LogP contribution in [-0.4, -0.2) is 34.1 Å². The maximum atomic E-state index is 11.9. The van der Waals surface area contributed by atoms with Crippen LogP contribution in [0.2, 0.25) is 0 Å². The van der Waals surface area contributed by atoms with Gasteiger partial charge in [0.1, 0.15) is 11.6 Å². The molecule has 1 atom stereocenters. The summed E-state index contributed by atoms with van der Waals surface area (Å²) in [5.41, 5.74) is 0.651. The molecule has 0 spiro atoms. The van der Waals surface area contributed by atoms with Gasteiger partial charge >= 0.3 is 0 Å². The van der Waals surface area contributed by atoms with E-state index in [1.807, 2.05) is 24.3 Å². The highest BCUT2D eigenvalue weighted by Gasteiger charge is 2.11. The van der Waals surface area contributed by atoms with Crippen molar-refractivity contribution in [1.82, 2.24) is 15.3 Å². The molecular weight excluding hydrogens is 322 g/mol. The molecule has 1 aromatic heterocycles. The third-order valence-electron chi connectivity index (χ3n) is 3.88. The van der Waals surface area contributed by atoms with Crippen LogP contribution < -0.4 is 15.6 Å². The van der Waals surface area contributed by atoms with Crippen molar-refractivity contribution in [2.75, 3.05) is 13.2 Å². The van der Waals surface area contributed by atoms with Crippen LogP contribution >= 0.6 is 0 Å². The molecule has 7 nitrogen and oxygen atoms in total. The van der Waals surface area contributed by atoms with Gasteiger partial charge < -0.3 is 20.1 Å². The summed E-state index contributed by atoms with van der Waals surface area (Å²) in [7, 11) is 0. The molecule has 0 radical (unpaired) electrons. The van der Waals surface area contributed by atoms with Crippen LogP contribution in [0.5, 0.6) is 11.6 Å². The Morgan fingerprint density at radius 1 is 1.40 bits per heavy atom. The Bertz CT molecular complexity index is 773. The van der Waals surface area contributed by atoms with Gasteiger partial charge in [0, 0.05) is 13.0 Å². The zero-order chi connectivity index (χ0) is 18.2. The van der Waals surface area contributed by atoms with Gasteiger partial charge in [-0.3, -0.25) is 9.59 Å². The van der Waals surface area contributed by atoms with E-state index in [2.05, 4.69) is 29.1 Å². The third-order valence-corrected chi connectivity index (χ3v) is 3.88. The lowest BCUT2D eigenvalue weighted by Gasteiger charge is -2.15. The van der Waals surface area contributed by atoms with Gasteiger partial charge in [-0.1, -0.05) is 32.0 Å². The number of nitrogens with zero attached hydrogens (tertiary/aromatic N) is 1. The summed E-state index contributed by atoms with van der Waals surface area (Å²) in [4.78, 5) is 29.4. The number of benzene rings is 1. The van der Waals surface area contributed by atoms with Gasteiger partial charge in [0.05, 0.1) is 6.07 Å². The van der Waals surface area contributed by atoms with E-state index < -0.39 is 5.56 Å². The molecule has 0 bridgehead atoms. The van der Waals surface area contributed by atoms with Gasteiger partial charge in [-0.25, -0.2) is 4.98 Å². The van der Waals surface area contributed by atoms with E-state index in [0.29, 0.717) is 23.9 Å². The SMILES string of the molecule is CC[C@H](C)c1ccccc1OCC(=O)NCCc1nc(O)cc(=O)[nH]1. The van der Waals surface area contributed by atoms with E-state index in [1.165, 1.54) is 0 Å². The van der Waals surface area contributed by atoms with Crippen molar-refractivity contribution in [3.8, 4) is 11.6 Å². The second-order valence-electron chi connectivity index (χ2n) is 5.79. The Balaban J connectivity index is 1.82. The summed E-state index contributed by atoms with van der Waals surface area (Å²) in [6.07, 6.45) is 1.29. The monoisotopic (exact) mass is 345 g/mol. The van der Waals surface area contributed by atoms with Crippen LogP contribution in [0.25, 0.3) is 0 Å². The molecule has 1 aromatic carbocycles. The Kier molecular flexibility index (Phi) is 6.56. The minimum Gasteiger partial charge on any atom is -0.493 e. The molecule has 3 N–H and O–H groups in total. The predicted molar refractivity (Wildman–Crippen MR) is 93.9 cm³/mol. The number of carbonyl (C=O) groups is 1. The van der Waals surface area contributed by atoms with Crippen LogP contribution in [0.4, 0.5) is 0 Å². The number of ether oxygens (including phenoxy) is 1. The quantitative estimate of drug-likeness (QED) is 0.676. The fourth-order valence-corrected chi connectivity index (χ4v) is 2.37. The van der Waals surface area contributed by atoms with Crippen LogP contribution in [0.3, 0.4) is 0 Å². The first-order valence-corrected chi connectivity index (χ1v) is 8.27. The Hall–Kier alpha value is -2.83. The fraction of sp³-hybridized carbons (Fsp3) is 0.389. The second kappa shape index (κ2) is 8.86. The molecule has 0 aliphatic heterocycles. The summed E-state index contributed by atoms with van der Waals surface area (Å²) in [6.45, 7) is 4.41. The summed E-state index contributed by atoms with van der Waals surface area (Å²) in [5, 5.41) is 12.0. The normalized spacial score (nSPS) is 11.8. The number of carbonyl (C=O) groups excluding carboxylic acids is 1. The Morgan fingerprint density at radius 3 is 2.88 bits per heavy atom. The maximum absolute atomic E-state index is 11.9. The van der Waals surface area contributed by atoms with E-state index in [-0.39, 0.29) is 24.9 Å². The number of hydrogen-bond acceptors (Lipinski definition) is 5. The van der Waals surface area contributed by atoms with Crippen LogP contribution in [0.15, 0.2) is 35.1 Å². The summed E-state index contributed by atoms with van der Waals surface area (Å²) >= 11 is 0. The van der Waals surface area contributed by atoms with Gasteiger partial charge in [-0.15, -0.1) is 0 Å². The Labute approximate surface area is 146 Å². The first kappa shape index (κ1) is 18.5. The maximum Gasteiger partial charge on any atom is 0.257 e. The number of aromatic amines is 1. The molecule has 0 saturated carbocycles. The molecule has 7 heteroatoms. The highest BCUT2D eigenvalue weighted by Crippen LogP contribution is 2.28. The van der Waals surface area contributed by atoms with Crippen molar-refractivity contribution in [1.29, 1.82) is 0 Å². The number of para-hydroxylation sites is 1. The summed E-state index contributed by atoms with van der Waals surface area (Å²) in [6, 6.07) is 8.69. The lowest BCUT2D eigenvalue weighted by atomic mass is 9.98. The number of H-pyrrole nitrogens is 1. The summed E-state index contributed by atoms with van der Waals surface area (Å²) in [5.74, 6) is 0.781. The lowest BCUT2D eigenvalue weighted by Crippen LogP contribution is -2.31. The molecular formula is C18H23N3O4. The molecule has 25 heavy (non-hydrogen) atoms. The smallest absolute Gasteiger partial charge is 0.257 e. The first-order valence-electron chi connectivity index (χ1n) is 8.27. The summed E-state index contributed by atoms with van der Waals surface area (Å²) < 4.78 is 5.64. The molecule has 1 amide bonds. The largest absolute Gasteiger partial charge is 0.493 e. The van der Waals surface area contributed by atoms with E-state index >= 15 is 0 Å². The Morgan fingerprint density at radius 2 is 2.16 bits per heavy atom. The van der Waals surface area contributed by atoms with Gasteiger partial charge in [0.2, 0.25) is 5.88 Å². The number of rotatable bonds is 8. The average molecular weight is 345 g/mol. The van der Waals surface area contributed by atoms with E-state index in [4.69, 9.17) is 4.74 Å². The molecule has 0 aliphatic carbocycles. The number of aromatic nitrogens is 2. The van der Waals surface area contributed by atoms with Crippen molar-refractivity contribution in [3.63, 3.8) is 0 Å². The molecule has 0 unspecified atom stereocenters. The molecule has 0 fully saturated rings. The molecule has 134 valence electrons. The standard InChI is InChI=1S/C18H23N3O4/c1-3-12(2)13-6-4-5-7-14(13)25-11-18(24)19-9-8-15-20-16(22)10-17(23)21-15/h4-7,10,12H,3,8-9,11H2,1-2H3,(H,19,24)(H2,20,21,22,23)/t12-/m0/s1. The van der Waals surface area contributed by atoms with Crippen molar-refractivity contribution in [2.24, 2.45) is 0 Å². The van der Waals surface area contributed by atoms with E-state index in [1.54, 1.807) is 0 Å². The van der Waals surface area contributed by atoms with Crippen LogP contribution in [0.1, 0.15) is 37.6 Å². The third kappa shape index (κ3) is 5.63. The van der Waals surface area contributed by atoms with Gasteiger partial charge in [-0.05, 0) is 24.0 Å². The first-order chi connectivity index (χ1) is 12.0. The van der Waals surface area contributed by atoms with Gasteiger partial charge in [0.25, 0.3) is 11.5 Å². The van der Waals surface area contributed by atoms with Gasteiger partial charge in [0.15, 0.2) is 6.61 Å². The number of aromatic hydroxyl groups is 1. The fourth-order valence-electron chi connectivity index (χ4n) is 2.37.